The molecule has 1 aromatic heterocycles. The Morgan fingerprint density at radius 3 is 3.00 bits per heavy atom. The van der Waals surface area contributed by atoms with Gasteiger partial charge < -0.3 is 4.42 Å². The quantitative estimate of drug-likeness (QED) is 0.373. The molecule has 0 aromatic carbocycles. The van der Waals surface area contributed by atoms with E-state index in [4.69, 9.17) is 0 Å². The van der Waals surface area contributed by atoms with E-state index in [2.05, 4.69) is 9.40 Å². The summed E-state index contributed by atoms with van der Waals surface area (Å²) < 4.78 is 4.54. The molecule has 0 aliphatic carbocycles. The Bertz CT molecular complexity index is 280. The molecular formula is C6H6N2O4. The normalized spacial score (nSPS) is 9.67. The van der Waals surface area contributed by atoms with Gasteiger partial charge in [-0.25, -0.2) is 4.98 Å². The van der Waals surface area contributed by atoms with E-state index in [1.165, 1.54) is 6.26 Å². The average molecular weight is 170 g/mol. The number of Topliss-reactive ketones (excluding diaryl/α,β-unsaturated/α-hetero) is 1. The van der Waals surface area contributed by atoms with Crippen LogP contribution < -0.4 is 0 Å². The van der Waals surface area contributed by atoms with Gasteiger partial charge in [-0.1, -0.05) is 0 Å². The van der Waals surface area contributed by atoms with Gasteiger partial charge in [-0.05, 0) is 0 Å². The minimum absolute atomic E-state index is 0.136. The van der Waals surface area contributed by atoms with Crippen LogP contribution in [-0.2, 0) is 0 Å². The van der Waals surface area contributed by atoms with Gasteiger partial charge in [0, 0.05) is 4.92 Å². The summed E-state index contributed by atoms with van der Waals surface area (Å²) in [4.78, 5) is 23.9. The van der Waals surface area contributed by atoms with Crippen LogP contribution in [0.15, 0.2) is 17.1 Å². The summed E-state index contributed by atoms with van der Waals surface area (Å²) in [5.74, 6) is -0.375. The smallest absolute Gasteiger partial charge is 0.211 e. The molecule has 1 rings (SSSR count). The Morgan fingerprint density at radius 1 is 1.75 bits per heavy atom. The number of rotatable bonds is 4. The summed E-state index contributed by atoms with van der Waals surface area (Å²) in [5.41, 5.74) is 0.136. The lowest BCUT2D eigenvalue weighted by molar-refractivity contribution is -0.478. The number of aromatic nitrogens is 1. The number of carbonyl (C=O) groups excluding carboxylic acids is 1. The first-order valence-corrected chi connectivity index (χ1v) is 3.23. The molecule has 1 heterocycles. The molecule has 0 atom stereocenters. The molecule has 0 saturated heterocycles. The molecule has 0 amide bonds. The Hall–Kier alpha value is -1.72. The lowest BCUT2D eigenvalue weighted by atomic mass is 10.2. The van der Waals surface area contributed by atoms with Crippen molar-refractivity contribution in [1.82, 2.24) is 4.98 Å². The van der Waals surface area contributed by atoms with Crippen LogP contribution >= 0.6 is 0 Å². The Balaban J connectivity index is 2.45. The van der Waals surface area contributed by atoms with E-state index < -0.39 is 4.92 Å². The Labute approximate surface area is 67.4 Å². The molecule has 0 radical (unpaired) electrons. The zero-order valence-electron chi connectivity index (χ0n) is 6.10. The van der Waals surface area contributed by atoms with Crippen LogP contribution in [0.2, 0.25) is 0 Å². The molecule has 0 spiro atoms. The first kappa shape index (κ1) is 8.38. The Kier molecular flexibility index (Phi) is 2.52. The van der Waals surface area contributed by atoms with Gasteiger partial charge in [0.25, 0.3) is 0 Å². The van der Waals surface area contributed by atoms with Crippen LogP contribution in [0.1, 0.15) is 16.9 Å². The monoisotopic (exact) mass is 170 g/mol. The highest BCUT2D eigenvalue weighted by atomic mass is 16.6. The largest absolute Gasteiger partial charge is 0.451 e. The van der Waals surface area contributed by atoms with Crippen LogP contribution in [-0.4, -0.2) is 22.2 Å². The highest BCUT2D eigenvalue weighted by Gasteiger charge is 2.11. The van der Waals surface area contributed by atoms with Gasteiger partial charge in [0.05, 0.1) is 6.42 Å². The van der Waals surface area contributed by atoms with Crippen molar-refractivity contribution >= 4 is 5.78 Å². The van der Waals surface area contributed by atoms with Crippen molar-refractivity contribution in [3.8, 4) is 0 Å². The summed E-state index contributed by atoms with van der Waals surface area (Å²) >= 11 is 0. The number of carbonyl (C=O) groups is 1. The minimum atomic E-state index is -0.544. The maximum atomic E-state index is 11.0. The van der Waals surface area contributed by atoms with Crippen LogP contribution in [0.5, 0.6) is 0 Å². The maximum absolute atomic E-state index is 11.0. The van der Waals surface area contributed by atoms with Crippen LogP contribution in [0.4, 0.5) is 0 Å². The lowest BCUT2D eigenvalue weighted by Crippen LogP contribution is -2.08. The van der Waals surface area contributed by atoms with Crippen molar-refractivity contribution in [3.63, 3.8) is 0 Å². The van der Waals surface area contributed by atoms with Gasteiger partial charge in [0.2, 0.25) is 6.54 Å². The fourth-order valence-corrected chi connectivity index (χ4v) is 0.671. The van der Waals surface area contributed by atoms with Crippen LogP contribution in [0.3, 0.4) is 0 Å². The summed E-state index contributed by atoms with van der Waals surface area (Å²) in [7, 11) is 0. The van der Waals surface area contributed by atoms with Crippen molar-refractivity contribution < 1.29 is 14.1 Å². The van der Waals surface area contributed by atoms with Crippen molar-refractivity contribution in [3.05, 3.63) is 28.5 Å². The van der Waals surface area contributed by atoms with E-state index >= 15 is 0 Å². The number of nitro groups is 1. The van der Waals surface area contributed by atoms with E-state index in [0.29, 0.717) is 0 Å². The highest BCUT2D eigenvalue weighted by molar-refractivity contribution is 5.93. The first-order chi connectivity index (χ1) is 5.70. The second kappa shape index (κ2) is 3.61. The lowest BCUT2D eigenvalue weighted by Gasteiger charge is -1.89. The molecule has 6 heteroatoms. The molecule has 6 nitrogen and oxygen atoms in total. The van der Waals surface area contributed by atoms with Crippen LogP contribution in [0, 0.1) is 10.1 Å². The maximum Gasteiger partial charge on any atom is 0.211 e. The molecule has 64 valence electrons. The van der Waals surface area contributed by atoms with Gasteiger partial charge in [-0.3, -0.25) is 14.9 Å². The molecule has 0 aliphatic rings. The first-order valence-electron chi connectivity index (χ1n) is 3.23. The topological polar surface area (TPSA) is 86.2 Å². The summed E-state index contributed by atoms with van der Waals surface area (Å²) in [6.07, 6.45) is 2.14. The fourth-order valence-electron chi connectivity index (χ4n) is 0.671. The molecule has 0 fully saturated rings. The number of ketones is 1. The molecule has 0 aliphatic heterocycles. The van der Waals surface area contributed by atoms with Gasteiger partial charge in [0.15, 0.2) is 12.2 Å². The molecule has 0 N–H and O–H groups in total. The van der Waals surface area contributed by atoms with Gasteiger partial charge in [-0.15, -0.1) is 0 Å². The van der Waals surface area contributed by atoms with Gasteiger partial charge in [0.1, 0.15) is 12.0 Å². The number of oxazole rings is 1. The van der Waals surface area contributed by atoms with E-state index in [1.54, 1.807) is 0 Å². The molecule has 0 bridgehead atoms. The second-order valence-electron chi connectivity index (χ2n) is 2.10. The third-order valence-electron chi connectivity index (χ3n) is 1.24. The number of hydrogen-bond acceptors (Lipinski definition) is 5. The highest BCUT2D eigenvalue weighted by Crippen LogP contribution is 1.99. The average Bonchev–Trinajstić information content (AvgIpc) is 2.51. The van der Waals surface area contributed by atoms with Crippen molar-refractivity contribution in [1.29, 1.82) is 0 Å². The van der Waals surface area contributed by atoms with Crippen molar-refractivity contribution in [2.75, 3.05) is 6.54 Å². The minimum Gasteiger partial charge on any atom is -0.451 e. The second-order valence-corrected chi connectivity index (χ2v) is 2.10. The predicted molar refractivity (Wildman–Crippen MR) is 37.3 cm³/mol. The molecule has 0 unspecified atom stereocenters. The zero-order chi connectivity index (χ0) is 8.97. The predicted octanol–water partition coefficient (Wildman–Crippen LogP) is 0.524. The summed E-state index contributed by atoms with van der Waals surface area (Å²) in [5, 5.41) is 9.88. The Morgan fingerprint density at radius 2 is 2.50 bits per heavy atom. The SMILES string of the molecule is O=C(CC[N+](=O)[O-])c1cocn1. The summed E-state index contributed by atoms with van der Waals surface area (Å²) in [6, 6.07) is 0. The molecule has 1 aromatic rings. The standard InChI is InChI=1S/C6H6N2O4/c9-6(1-2-8(10)11)5-3-12-4-7-5/h3-4H,1-2H2. The van der Waals surface area contributed by atoms with Gasteiger partial charge >= 0.3 is 0 Å². The third kappa shape index (κ3) is 2.15. The molecule has 0 saturated carbocycles. The van der Waals surface area contributed by atoms with Crippen molar-refractivity contribution in [2.45, 2.75) is 6.42 Å². The van der Waals surface area contributed by atoms with E-state index in [9.17, 15) is 14.9 Å². The molecular weight excluding hydrogens is 164 g/mol. The fraction of sp³-hybridized carbons (Fsp3) is 0.333. The number of hydrogen-bond donors (Lipinski definition) is 0. The van der Waals surface area contributed by atoms with Gasteiger partial charge in [-0.2, -0.15) is 0 Å². The third-order valence-corrected chi connectivity index (χ3v) is 1.24. The van der Waals surface area contributed by atoms with Crippen molar-refractivity contribution in [2.24, 2.45) is 0 Å². The van der Waals surface area contributed by atoms with Crippen LogP contribution in [0.25, 0.3) is 0 Å². The van der Waals surface area contributed by atoms with E-state index in [1.807, 2.05) is 0 Å². The number of nitrogens with zero attached hydrogens (tertiary/aromatic N) is 2. The summed E-state index contributed by atoms with van der Waals surface area (Å²) in [6.45, 7) is -0.369. The molecule has 12 heavy (non-hydrogen) atoms. The van der Waals surface area contributed by atoms with E-state index in [0.717, 1.165) is 6.39 Å². The zero-order valence-corrected chi connectivity index (χ0v) is 6.10. The van der Waals surface area contributed by atoms with E-state index in [-0.39, 0.29) is 24.4 Å².